The van der Waals surface area contributed by atoms with Gasteiger partial charge in [0.05, 0.1) is 13.2 Å². The Morgan fingerprint density at radius 3 is 2.76 bits per heavy atom. The number of hydrogen-bond donors (Lipinski definition) is 2. The molecule has 0 saturated heterocycles. The number of carbonyl (C=O) groups is 1. The number of ether oxygens (including phenoxy) is 1. The van der Waals surface area contributed by atoms with Crippen molar-refractivity contribution >= 4 is 5.97 Å². The zero-order chi connectivity index (χ0) is 12.7. The lowest BCUT2D eigenvalue weighted by Gasteiger charge is -2.31. The minimum Gasteiger partial charge on any atom is -0.468 e. The van der Waals surface area contributed by atoms with E-state index < -0.39 is 0 Å². The van der Waals surface area contributed by atoms with E-state index in [4.69, 9.17) is 4.74 Å². The SMILES string of the molecule is CCCCC(NC1CCCCC1O)C(=O)OC. The molecule has 0 amide bonds. The van der Waals surface area contributed by atoms with Crippen LogP contribution < -0.4 is 5.32 Å². The second-order valence-electron chi connectivity index (χ2n) is 4.84. The van der Waals surface area contributed by atoms with E-state index in [9.17, 15) is 9.90 Å². The van der Waals surface area contributed by atoms with Gasteiger partial charge in [-0.05, 0) is 19.3 Å². The van der Waals surface area contributed by atoms with Gasteiger partial charge < -0.3 is 9.84 Å². The normalized spacial score (nSPS) is 26.5. The van der Waals surface area contributed by atoms with Crippen molar-refractivity contribution in [3.63, 3.8) is 0 Å². The summed E-state index contributed by atoms with van der Waals surface area (Å²) in [4.78, 5) is 11.6. The van der Waals surface area contributed by atoms with Gasteiger partial charge in [0.25, 0.3) is 0 Å². The summed E-state index contributed by atoms with van der Waals surface area (Å²) < 4.78 is 4.80. The van der Waals surface area contributed by atoms with Crippen LogP contribution in [0.3, 0.4) is 0 Å². The Hall–Kier alpha value is -0.610. The lowest BCUT2D eigenvalue weighted by atomic mass is 9.91. The fourth-order valence-electron chi connectivity index (χ4n) is 2.38. The van der Waals surface area contributed by atoms with E-state index in [1.54, 1.807) is 0 Å². The Bertz CT molecular complexity index is 233. The first-order valence-corrected chi connectivity index (χ1v) is 6.71. The maximum atomic E-state index is 11.6. The number of hydrogen-bond acceptors (Lipinski definition) is 4. The van der Waals surface area contributed by atoms with Crippen molar-refractivity contribution in [2.45, 2.75) is 70.1 Å². The molecule has 0 aromatic carbocycles. The first-order chi connectivity index (χ1) is 8.19. The largest absolute Gasteiger partial charge is 0.468 e. The molecule has 0 spiro atoms. The highest BCUT2D eigenvalue weighted by atomic mass is 16.5. The van der Waals surface area contributed by atoms with Gasteiger partial charge in [0.2, 0.25) is 0 Å². The predicted molar refractivity (Wildman–Crippen MR) is 66.7 cm³/mol. The van der Waals surface area contributed by atoms with Crippen LogP contribution in [-0.4, -0.2) is 36.4 Å². The maximum Gasteiger partial charge on any atom is 0.322 e. The van der Waals surface area contributed by atoms with Crippen LogP contribution in [0.4, 0.5) is 0 Å². The molecule has 1 aliphatic carbocycles. The summed E-state index contributed by atoms with van der Waals surface area (Å²) in [5.41, 5.74) is 0. The molecule has 100 valence electrons. The number of aliphatic hydroxyl groups is 1. The van der Waals surface area contributed by atoms with Gasteiger partial charge in [-0.3, -0.25) is 10.1 Å². The molecule has 0 aromatic rings. The molecule has 3 atom stereocenters. The quantitative estimate of drug-likeness (QED) is 0.696. The molecule has 0 aromatic heterocycles. The molecule has 4 nitrogen and oxygen atoms in total. The molecule has 1 aliphatic rings. The number of nitrogens with one attached hydrogen (secondary N) is 1. The van der Waals surface area contributed by atoms with Gasteiger partial charge in [0.1, 0.15) is 6.04 Å². The number of rotatable bonds is 6. The highest BCUT2D eigenvalue weighted by Gasteiger charge is 2.28. The zero-order valence-corrected chi connectivity index (χ0v) is 10.9. The molecule has 0 radical (unpaired) electrons. The first-order valence-electron chi connectivity index (χ1n) is 6.71. The summed E-state index contributed by atoms with van der Waals surface area (Å²) in [7, 11) is 1.42. The molecule has 0 bridgehead atoms. The smallest absolute Gasteiger partial charge is 0.322 e. The summed E-state index contributed by atoms with van der Waals surface area (Å²) in [6, 6.07) is -0.220. The van der Waals surface area contributed by atoms with Gasteiger partial charge >= 0.3 is 5.97 Å². The molecule has 4 heteroatoms. The van der Waals surface area contributed by atoms with E-state index >= 15 is 0 Å². The van der Waals surface area contributed by atoms with E-state index in [-0.39, 0.29) is 24.2 Å². The molecule has 17 heavy (non-hydrogen) atoms. The lowest BCUT2D eigenvalue weighted by Crippen LogP contribution is -2.50. The molecule has 3 unspecified atom stereocenters. The predicted octanol–water partition coefficient (Wildman–Crippen LogP) is 1.61. The minimum absolute atomic E-state index is 0.0460. The Morgan fingerprint density at radius 2 is 2.18 bits per heavy atom. The summed E-state index contributed by atoms with van der Waals surface area (Å²) >= 11 is 0. The highest BCUT2D eigenvalue weighted by molar-refractivity contribution is 5.75. The molecule has 1 fully saturated rings. The van der Waals surface area contributed by atoms with Crippen molar-refractivity contribution < 1.29 is 14.6 Å². The van der Waals surface area contributed by atoms with E-state index in [1.165, 1.54) is 7.11 Å². The van der Waals surface area contributed by atoms with Crippen LogP contribution in [0.25, 0.3) is 0 Å². The molecular formula is C13H25NO3. The van der Waals surface area contributed by atoms with Crippen molar-refractivity contribution in [1.29, 1.82) is 0 Å². The zero-order valence-electron chi connectivity index (χ0n) is 10.9. The summed E-state index contributed by atoms with van der Waals surface area (Å²) in [5.74, 6) is -0.212. The number of carbonyl (C=O) groups excluding carboxylic acids is 1. The summed E-state index contributed by atoms with van der Waals surface area (Å²) in [6.45, 7) is 2.10. The molecule has 0 heterocycles. The van der Waals surface area contributed by atoms with Crippen LogP contribution in [0.15, 0.2) is 0 Å². The van der Waals surface area contributed by atoms with Gasteiger partial charge in [0, 0.05) is 6.04 Å². The minimum atomic E-state index is -0.322. The van der Waals surface area contributed by atoms with Crippen molar-refractivity contribution in [3.8, 4) is 0 Å². The van der Waals surface area contributed by atoms with Crippen molar-refractivity contribution in [2.24, 2.45) is 0 Å². The van der Waals surface area contributed by atoms with Crippen LogP contribution in [0, 0.1) is 0 Å². The second-order valence-corrected chi connectivity index (χ2v) is 4.84. The third-order valence-corrected chi connectivity index (χ3v) is 3.48. The van der Waals surface area contributed by atoms with Crippen LogP contribution >= 0.6 is 0 Å². The number of methoxy groups -OCH3 is 1. The number of aliphatic hydroxyl groups excluding tert-OH is 1. The van der Waals surface area contributed by atoms with Crippen molar-refractivity contribution in [3.05, 3.63) is 0 Å². The van der Waals surface area contributed by atoms with Crippen LogP contribution in [0.5, 0.6) is 0 Å². The molecule has 2 N–H and O–H groups in total. The van der Waals surface area contributed by atoms with Crippen molar-refractivity contribution in [1.82, 2.24) is 5.32 Å². The van der Waals surface area contributed by atoms with E-state index in [2.05, 4.69) is 12.2 Å². The number of unbranched alkanes of at least 4 members (excludes halogenated alkanes) is 1. The maximum absolute atomic E-state index is 11.6. The Morgan fingerprint density at radius 1 is 1.47 bits per heavy atom. The van der Waals surface area contributed by atoms with Gasteiger partial charge in [0.15, 0.2) is 0 Å². The molecular weight excluding hydrogens is 218 g/mol. The topological polar surface area (TPSA) is 58.6 Å². The third-order valence-electron chi connectivity index (χ3n) is 3.48. The van der Waals surface area contributed by atoms with Gasteiger partial charge in [-0.2, -0.15) is 0 Å². The number of esters is 1. The fourth-order valence-corrected chi connectivity index (χ4v) is 2.38. The first kappa shape index (κ1) is 14.5. The van der Waals surface area contributed by atoms with Crippen LogP contribution in [-0.2, 0) is 9.53 Å². The average molecular weight is 243 g/mol. The molecule has 1 saturated carbocycles. The molecule has 0 aliphatic heterocycles. The Kier molecular flexibility index (Phi) is 6.52. The highest BCUT2D eigenvalue weighted by Crippen LogP contribution is 2.19. The summed E-state index contributed by atoms with van der Waals surface area (Å²) in [6.07, 6.45) is 6.50. The van der Waals surface area contributed by atoms with E-state index in [1.807, 2.05) is 0 Å². The van der Waals surface area contributed by atoms with Crippen LogP contribution in [0.2, 0.25) is 0 Å². The summed E-state index contributed by atoms with van der Waals surface area (Å²) in [5, 5.41) is 13.1. The third kappa shape index (κ3) is 4.64. The molecule has 1 rings (SSSR count). The van der Waals surface area contributed by atoms with Gasteiger partial charge in [-0.1, -0.05) is 32.6 Å². The second kappa shape index (κ2) is 7.67. The van der Waals surface area contributed by atoms with E-state index in [0.29, 0.717) is 0 Å². The standard InChI is InChI=1S/C13H25NO3/c1-3-4-7-11(13(16)17-2)14-10-8-5-6-9-12(10)15/h10-12,14-15H,3-9H2,1-2H3. The van der Waals surface area contributed by atoms with Crippen molar-refractivity contribution in [2.75, 3.05) is 7.11 Å². The average Bonchev–Trinajstić information content (AvgIpc) is 2.35. The Balaban J connectivity index is 2.48. The fraction of sp³-hybridized carbons (Fsp3) is 0.923. The van der Waals surface area contributed by atoms with E-state index in [0.717, 1.165) is 44.9 Å². The monoisotopic (exact) mass is 243 g/mol. The van der Waals surface area contributed by atoms with Crippen LogP contribution in [0.1, 0.15) is 51.9 Å². The van der Waals surface area contributed by atoms with Gasteiger partial charge in [-0.25, -0.2) is 0 Å². The van der Waals surface area contributed by atoms with Gasteiger partial charge in [-0.15, -0.1) is 0 Å². The lowest BCUT2D eigenvalue weighted by molar-refractivity contribution is -0.143. The Labute approximate surface area is 104 Å².